The summed E-state index contributed by atoms with van der Waals surface area (Å²) in [4.78, 5) is 0. The Kier molecular flexibility index (Phi) is 3.45. The highest BCUT2D eigenvalue weighted by molar-refractivity contribution is 4.85. The molecule has 40 valence electrons. The second kappa shape index (κ2) is 3.70. The van der Waals surface area contributed by atoms with Crippen molar-refractivity contribution in [3.8, 4) is 12.3 Å². The third-order valence-corrected chi connectivity index (χ3v) is 0.869. The molecule has 0 aromatic rings. The molecule has 0 spiro atoms. The Labute approximate surface area is 44.9 Å². The molecule has 0 aromatic heterocycles. The molecule has 0 saturated carbocycles. The zero-order valence-electron chi connectivity index (χ0n) is 4.65. The summed E-state index contributed by atoms with van der Waals surface area (Å²) in [5.41, 5.74) is 5.26. The standard InChI is InChI=1S/C6H11N/c1-3-4-6(2)5-7/h1,6H,4-5,7H2,2H3. The molecule has 0 radical (unpaired) electrons. The van der Waals surface area contributed by atoms with Crippen LogP contribution in [0.3, 0.4) is 0 Å². The zero-order chi connectivity index (χ0) is 5.70. The SMILES string of the molecule is C#CCC(C)CN. The van der Waals surface area contributed by atoms with E-state index in [2.05, 4.69) is 5.92 Å². The Morgan fingerprint density at radius 2 is 2.43 bits per heavy atom. The van der Waals surface area contributed by atoms with Gasteiger partial charge in [0, 0.05) is 6.42 Å². The first-order chi connectivity index (χ1) is 3.31. The maximum Gasteiger partial charge on any atom is 0.0124 e. The fourth-order valence-corrected chi connectivity index (χ4v) is 0.285. The average molecular weight is 97.2 g/mol. The molecule has 1 heteroatoms. The van der Waals surface area contributed by atoms with E-state index in [1.807, 2.05) is 6.92 Å². The first-order valence-electron chi connectivity index (χ1n) is 2.44. The van der Waals surface area contributed by atoms with Crippen LogP contribution in [0.25, 0.3) is 0 Å². The second-order valence-corrected chi connectivity index (χ2v) is 1.75. The van der Waals surface area contributed by atoms with Gasteiger partial charge in [0.25, 0.3) is 0 Å². The van der Waals surface area contributed by atoms with Gasteiger partial charge in [-0.25, -0.2) is 0 Å². The molecule has 2 N–H and O–H groups in total. The highest BCUT2D eigenvalue weighted by Crippen LogP contribution is 1.94. The lowest BCUT2D eigenvalue weighted by atomic mass is 10.1. The number of nitrogens with two attached hydrogens (primary N) is 1. The van der Waals surface area contributed by atoms with Crippen molar-refractivity contribution >= 4 is 0 Å². The van der Waals surface area contributed by atoms with E-state index >= 15 is 0 Å². The first kappa shape index (κ1) is 6.52. The minimum atomic E-state index is 0.491. The third-order valence-electron chi connectivity index (χ3n) is 0.869. The van der Waals surface area contributed by atoms with Crippen molar-refractivity contribution in [2.45, 2.75) is 13.3 Å². The Balaban J connectivity index is 3.03. The molecule has 0 aromatic carbocycles. The topological polar surface area (TPSA) is 26.0 Å². The van der Waals surface area contributed by atoms with E-state index < -0.39 is 0 Å². The molecule has 0 aliphatic heterocycles. The Morgan fingerprint density at radius 1 is 1.86 bits per heavy atom. The molecular formula is C6H11N. The Bertz CT molecular complexity index is 70.7. The van der Waals surface area contributed by atoms with E-state index in [-0.39, 0.29) is 0 Å². The van der Waals surface area contributed by atoms with Gasteiger partial charge in [-0.3, -0.25) is 0 Å². The lowest BCUT2D eigenvalue weighted by molar-refractivity contribution is 0.616. The molecule has 0 bridgehead atoms. The highest BCUT2D eigenvalue weighted by atomic mass is 14.5. The summed E-state index contributed by atoms with van der Waals surface area (Å²) < 4.78 is 0. The molecule has 0 rings (SSSR count). The van der Waals surface area contributed by atoms with Gasteiger partial charge in [0.2, 0.25) is 0 Å². The summed E-state index contributed by atoms with van der Waals surface area (Å²) in [6.45, 7) is 2.74. The number of terminal acetylenes is 1. The van der Waals surface area contributed by atoms with E-state index in [0.717, 1.165) is 6.42 Å². The summed E-state index contributed by atoms with van der Waals surface area (Å²) in [7, 11) is 0. The minimum absolute atomic E-state index is 0.491. The van der Waals surface area contributed by atoms with Gasteiger partial charge in [-0.15, -0.1) is 12.3 Å². The lowest BCUT2D eigenvalue weighted by Gasteiger charge is -1.98. The predicted octanol–water partition coefficient (Wildman–Crippen LogP) is 0.605. The van der Waals surface area contributed by atoms with Gasteiger partial charge in [-0.05, 0) is 12.5 Å². The van der Waals surface area contributed by atoms with Gasteiger partial charge in [0.1, 0.15) is 0 Å². The van der Waals surface area contributed by atoms with E-state index in [0.29, 0.717) is 12.5 Å². The largest absolute Gasteiger partial charge is 0.330 e. The molecule has 1 atom stereocenters. The summed E-state index contributed by atoms with van der Waals surface area (Å²) >= 11 is 0. The first-order valence-corrected chi connectivity index (χ1v) is 2.44. The molecule has 0 amide bonds. The maximum absolute atomic E-state index is 5.26. The Morgan fingerprint density at radius 3 is 2.57 bits per heavy atom. The smallest absolute Gasteiger partial charge is 0.0124 e. The fourth-order valence-electron chi connectivity index (χ4n) is 0.285. The van der Waals surface area contributed by atoms with Crippen LogP contribution < -0.4 is 5.73 Å². The molecule has 1 nitrogen and oxygen atoms in total. The van der Waals surface area contributed by atoms with Gasteiger partial charge in [0.15, 0.2) is 0 Å². The van der Waals surface area contributed by atoms with Crippen LogP contribution in [0.4, 0.5) is 0 Å². The van der Waals surface area contributed by atoms with Crippen LogP contribution in [0.15, 0.2) is 0 Å². The van der Waals surface area contributed by atoms with Crippen LogP contribution in [0.5, 0.6) is 0 Å². The van der Waals surface area contributed by atoms with Gasteiger partial charge in [0.05, 0.1) is 0 Å². The summed E-state index contributed by atoms with van der Waals surface area (Å²) in [6.07, 6.45) is 5.80. The van der Waals surface area contributed by atoms with E-state index in [1.54, 1.807) is 0 Å². The van der Waals surface area contributed by atoms with Crippen LogP contribution in [0.2, 0.25) is 0 Å². The van der Waals surface area contributed by atoms with Crippen LogP contribution in [-0.2, 0) is 0 Å². The second-order valence-electron chi connectivity index (χ2n) is 1.75. The van der Waals surface area contributed by atoms with Gasteiger partial charge in [-0.1, -0.05) is 6.92 Å². The van der Waals surface area contributed by atoms with Crippen LogP contribution in [0, 0.1) is 18.3 Å². The summed E-state index contributed by atoms with van der Waals surface area (Å²) in [5.74, 6) is 3.03. The molecule has 0 aliphatic rings. The monoisotopic (exact) mass is 97.1 g/mol. The van der Waals surface area contributed by atoms with Crippen molar-refractivity contribution in [2.24, 2.45) is 11.7 Å². The fraction of sp³-hybridized carbons (Fsp3) is 0.667. The van der Waals surface area contributed by atoms with Crippen molar-refractivity contribution in [1.82, 2.24) is 0 Å². The summed E-state index contributed by atoms with van der Waals surface area (Å²) in [6, 6.07) is 0. The van der Waals surface area contributed by atoms with Gasteiger partial charge >= 0.3 is 0 Å². The van der Waals surface area contributed by atoms with Crippen molar-refractivity contribution in [1.29, 1.82) is 0 Å². The van der Waals surface area contributed by atoms with Crippen LogP contribution >= 0.6 is 0 Å². The molecule has 0 aliphatic carbocycles. The molecule has 0 heterocycles. The normalized spacial score (nSPS) is 12.7. The van der Waals surface area contributed by atoms with E-state index in [9.17, 15) is 0 Å². The molecular weight excluding hydrogens is 86.1 g/mol. The lowest BCUT2D eigenvalue weighted by Crippen LogP contribution is -2.09. The summed E-state index contributed by atoms with van der Waals surface area (Å²) in [5, 5.41) is 0. The van der Waals surface area contributed by atoms with Gasteiger partial charge in [-0.2, -0.15) is 0 Å². The quantitative estimate of drug-likeness (QED) is 0.502. The molecule has 0 fully saturated rings. The van der Waals surface area contributed by atoms with Crippen LogP contribution in [-0.4, -0.2) is 6.54 Å². The molecule has 7 heavy (non-hydrogen) atoms. The average Bonchev–Trinajstić information content (AvgIpc) is 1.68. The minimum Gasteiger partial charge on any atom is -0.330 e. The Hall–Kier alpha value is -0.480. The predicted molar refractivity (Wildman–Crippen MR) is 31.7 cm³/mol. The van der Waals surface area contributed by atoms with E-state index in [1.165, 1.54) is 0 Å². The number of hydrogen-bond donors (Lipinski definition) is 1. The number of rotatable bonds is 2. The van der Waals surface area contributed by atoms with E-state index in [4.69, 9.17) is 12.2 Å². The van der Waals surface area contributed by atoms with Crippen molar-refractivity contribution < 1.29 is 0 Å². The van der Waals surface area contributed by atoms with Gasteiger partial charge < -0.3 is 5.73 Å². The highest BCUT2D eigenvalue weighted by Gasteiger charge is 1.91. The molecule has 0 saturated heterocycles. The maximum atomic E-state index is 5.26. The van der Waals surface area contributed by atoms with Crippen LogP contribution in [0.1, 0.15) is 13.3 Å². The third kappa shape index (κ3) is 3.35. The van der Waals surface area contributed by atoms with Crippen molar-refractivity contribution in [3.63, 3.8) is 0 Å². The molecule has 1 unspecified atom stereocenters. The zero-order valence-corrected chi connectivity index (χ0v) is 4.65. The van der Waals surface area contributed by atoms with Crippen molar-refractivity contribution in [2.75, 3.05) is 6.54 Å². The van der Waals surface area contributed by atoms with Crippen molar-refractivity contribution in [3.05, 3.63) is 0 Å². The number of hydrogen-bond acceptors (Lipinski definition) is 1.